The van der Waals surface area contributed by atoms with Crippen LogP contribution in [-0.2, 0) is 27.3 Å². The molecule has 0 aromatic heterocycles. The molecule has 1 aliphatic heterocycles. The van der Waals surface area contributed by atoms with Gasteiger partial charge in [-0.05, 0) is 18.1 Å². The number of carbonyl (C=O) groups is 1. The van der Waals surface area contributed by atoms with E-state index in [2.05, 4.69) is 0 Å². The highest BCUT2D eigenvalue weighted by molar-refractivity contribution is 5.90. The summed E-state index contributed by atoms with van der Waals surface area (Å²) in [5.41, 5.74) is 7.67. The molecule has 0 radical (unpaired) electrons. The number of esters is 1. The lowest BCUT2D eigenvalue weighted by Gasteiger charge is -2.23. The molecule has 118 valence electrons. The first-order valence-electron chi connectivity index (χ1n) is 7.53. The molecule has 1 aliphatic rings. The fourth-order valence-corrected chi connectivity index (χ4v) is 2.64. The predicted molar refractivity (Wildman–Crippen MR) is 87.1 cm³/mol. The van der Waals surface area contributed by atoms with Crippen LogP contribution in [0.5, 0.6) is 0 Å². The summed E-state index contributed by atoms with van der Waals surface area (Å²) in [7, 11) is 0. The van der Waals surface area contributed by atoms with Crippen LogP contribution in [0.25, 0.3) is 0 Å². The first kappa shape index (κ1) is 15.2. The minimum atomic E-state index is -0.871. The van der Waals surface area contributed by atoms with Crippen LogP contribution >= 0.6 is 0 Å². The van der Waals surface area contributed by atoms with Crippen LogP contribution < -0.4 is 5.73 Å². The third kappa shape index (κ3) is 3.21. The number of hydrogen-bond acceptors (Lipinski definition) is 4. The van der Waals surface area contributed by atoms with E-state index in [9.17, 15) is 4.79 Å². The van der Waals surface area contributed by atoms with Gasteiger partial charge >= 0.3 is 5.97 Å². The molecule has 0 fully saturated rings. The first-order chi connectivity index (χ1) is 11.1. The van der Waals surface area contributed by atoms with Gasteiger partial charge in [0.1, 0.15) is 12.3 Å². The van der Waals surface area contributed by atoms with Crippen molar-refractivity contribution in [3.8, 4) is 0 Å². The van der Waals surface area contributed by atoms with Crippen LogP contribution in [0.3, 0.4) is 0 Å². The Bertz CT molecular complexity index is 725. The van der Waals surface area contributed by atoms with Crippen molar-refractivity contribution in [2.45, 2.75) is 25.6 Å². The zero-order valence-corrected chi connectivity index (χ0v) is 13.0. The number of nitrogens with two attached hydrogens (primary N) is 1. The predicted octanol–water partition coefficient (Wildman–Crippen LogP) is 2.93. The summed E-state index contributed by atoms with van der Waals surface area (Å²) in [4.78, 5) is 12.1. The van der Waals surface area contributed by atoms with Crippen molar-refractivity contribution in [1.29, 1.82) is 0 Å². The van der Waals surface area contributed by atoms with E-state index in [1.54, 1.807) is 0 Å². The van der Waals surface area contributed by atoms with E-state index >= 15 is 0 Å². The SMILES string of the molecule is C[C@@]1(Cc2ccccc2)OC(=O)C(OCc2ccccc2)=C1N. The number of carbonyl (C=O) groups excluding carboxylic acids is 1. The van der Waals surface area contributed by atoms with Crippen molar-refractivity contribution in [2.24, 2.45) is 5.73 Å². The van der Waals surface area contributed by atoms with E-state index in [0.29, 0.717) is 12.1 Å². The number of rotatable bonds is 5. The Labute approximate surface area is 135 Å². The van der Waals surface area contributed by atoms with Gasteiger partial charge in [0, 0.05) is 6.42 Å². The van der Waals surface area contributed by atoms with E-state index in [0.717, 1.165) is 11.1 Å². The van der Waals surface area contributed by atoms with E-state index in [4.69, 9.17) is 15.2 Å². The van der Waals surface area contributed by atoms with Gasteiger partial charge in [0.05, 0.1) is 0 Å². The Morgan fingerprint density at radius 1 is 1.00 bits per heavy atom. The van der Waals surface area contributed by atoms with Gasteiger partial charge < -0.3 is 15.2 Å². The summed E-state index contributed by atoms with van der Waals surface area (Å²) in [5, 5.41) is 0. The van der Waals surface area contributed by atoms with Crippen LogP contribution in [0.4, 0.5) is 0 Å². The van der Waals surface area contributed by atoms with Crippen LogP contribution in [-0.4, -0.2) is 11.6 Å². The van der Waals surface area contributed by atoms with Crippen LogP contribution in [0.15, 0.2) is 72.1 Å². The molecular formula is C19H19NO3. The quantitative estimate of drug-likeness (QED) is 0.863. The largest absolute Gasteiger partial charge is 0.480 e. The number of hydrogen-bond donors (Lipinski definition) is 1. The lowest BCUT2D eigenvalue weighted by Crippen LogP contribution is -2.34. The molecule has 3 rings (SSSR count). The molecule has 0 aliphatic carbocycles. The average Bonchev–Trinajstić information content (AvgIpc) is 2.77. The summed E-state index contributed by atoms with van der Waals surface area (Å²) in [5.74, 6) is -0.385. The molecule has 0 spiro atoms. The molecule has 2 aromatic carbocycles. The van der Waals surface area contributed by atoms with Gasteiger partial charge in [0.15, 0.2) is 5.60 Å². The summed E-state index contributed by atoms with van der Waals surface area (Å²) < 4.78 is 11.1. The molecule has 0 unspecified atom stereocenters. The molecule has 0 amide bonds. The Morgan fingerprint density at radius 2 is 1.57 bits per heavy atom. The lowest BCUT2D eigenvalue weighted by molar-refractivity contribution is -0.148. The normalized spacial score (nSPS) is 20.5. The molecule has 4 heteroatoms. The van der Waals surface area contributed by atoms with Gasteiger partial charge in [-0.15, -0.1) is 0 Å². The van der Waals surface area contributed by atoms with Crippen molar-refractivity contribution in [3.05, 3.63) is 83.2 Å². The van der Waals surface area contributed by atoms with Crippen molar-refractivity contribution in [2.75, 3.05) is 0 Å². The number of cyclic esters (lactones) is 1. The van der Waals surface area contributed by atoms with E-state index in [1.807, 2.05) is 67.6 Å². The van der Waals surface area contributed by atoms with Gasteiger partial charge in [0.2, 0.25) is 5.76 Å². The highest BCUT2D eigenvalue weighted by Gasteiger charge is 2.44. The zero-order chi connectivity index (χ0) is 16.3. The third-order valence-electron chi connectivity index (χ3n) is 3.93. The van der Waals surface area contributed by atoms with Crippen LogP contribution in [0.1, 0.15) is 18.1 Å². The Kier molecular flexibility index (Phi) is 4.06. The molecule has 0 saturated carbocycles. The lowest BCUT2D eigenvalue weighted by atomic mass is 9.94. The van der Waals surface area contributed by atoms with Gasteiger partial charge in [-0.3, -0.25) is 0 Å². The van der Waals surface area contributed by atoms with Crippen molar-refractivity contribution >= 4 is 5.97 Å². The van der Waals surface area contributed by atoms with Crippen molar-refractivity contribution in [3.63, 3.8) is 0 Å². The molecule has 2 N–H and O–H groups in total. The molecule has 4 nitrogen and oxygen atoms in total. The Balaban J connectivity index is 1.76. The molecule has 1 atom stereocenters. The average molecular weight is 309 g/mol. The fraction of sp³-hybridized carbons (Fsp3) is 0.211. The van der Waals surface area contributed by atoms with Crippen molar-refractivity contribution < 1.29 is 14.3 Å². The fourth-order valence-electron chi connectivity index (χ4n) is 2.64. The highest BCUT2D eigenvalue weighted by Crippen LogP contribution is 2.33. The second-order valence-corrected chi connectivity index (χ2v) is 5.80. The maximum Gasteiger partial charge on any atom is 0.376 e. The molecule has 23 heavy (non-hydrogen) atoms. The smallest absolute Gasteiger partial charge is 0.376 e. The molecule has 2 aromatic rings. The maximum absolute atomic E-state index is 12.1. The third-order valence-corrected chi connectivity index (χ3v) is 3.93. The van der Waals surface area contributed by atoms with Gasteiger partial charge in [0.25, 0.3) is 0 Å². The summed E-state index contributed by atoms with van der Waals surface area (Å²) >= 11 is 0. The summed E-state index contributed by atoms with van der Waals surface area (Å²) in [6.45, 7) is 2.10. The van der Waals surface area contributed by atoms with Gasteiger partial charge in [-0.2, -0.15) is 0 Å². The Morgan fingerprint density at radius 3 is 2.17 bits per heavy atom. The summed E-state index contributed by atoms with van der Waals surface area (Å²) in [6.07, 6.45) is 0.517. The summed E-state index contributed by atoms with van der Waals surface area (Å²) in [6, 6.07) is 19.4. The van der Waals surface area contributed by atoms with Crippen LogP contribution in [0, 0.1) is 0 Å². The Hall–Kier alpha value is -2.75. The topological polar surface area (TPSA) is 61.5 Å². The van der Waals surface area contributed by atoms with Gasteiger partial charge in [-0.1, -0.05) is 60.7 Å². The number of benzene rings is 2. The second kappa shape index (κ2) is 6.16. The van der Waals surface area contributed by atoms with Crippen LogP contribution in [0.2, 0.25) is 0 Å². The minimum Gasteiger partial charge on any atom is -0.480 e. The molecule has 1 heterocycles. The standard InChI is InChI=1S/C19H19NO3/c1-19(12-14-8-4-2-5-9-14)17(20)16(18(21)23-19)22-13-15-10-6-3-7-11-15/h2-11H,12-13,20H2,1H3/t19-/m0/s1. The maximum atomic E-state index is 12.1. The van der Waals surface area contributed by atoms with E-state index < -0.39 is 11.6 Å². The minimum absolute atomic E-state index is 0.118. The molecular weight excluding hydrogens is 290 g/mol. The monoisotopic (exact) mass is 309 g/mol. The first-order valence-corrected chi connectivity index (χ1v) is 7.53. The zero-order valence-electron chi connectivity index (χ0n) is 13.0. The van der Waals surface area contributed by atoms with Crippen molar-refractivity contribution in [1.82, 2.24) is 0 Å². The highest BCUT2D eigenvalue weighted by atomic mass is 16.6. The molecule has 0 bridgehead atoms. The van der Waals surface area contributed by atoms with E-state index in [1.165, 1.54) is 0 Å². The second-order valence-electron chi connectivity index (χ2n) is 5.80. The molecule has 0 saturated heterocycles. The van der Waals surface area contributed by atoms with E-state index in [-0.39, 0.29) is 12.4 Å². The van der Waals surface area contributed by atoms with Gasteiger partial charge in [-0.25, -0.2) is 4.79 Å². The number of ether oxygens (including phenoxy) is 2.